The highest BCUT2D eigenvalue weighted by Gasteiger charge is 2.14. The van der Waals surface area contributed by atoms with Gasteiger partial charge in [0, 0.05) is 12.8 Å². The molecule has 2 atom stereocenters. The van der Waals surface area contributed by atoms with Gasteiger partial charge in [0.1, 0.15) is 17.3 Å². The van der Waals surface area contributed by atoms with Gasteiger partial charge in [0.25, 0.3) is 0 Å². The van der Waals surface area contributed by atoms with Crippen molar-refractivity contribution in [2.75, 3.05) is 0 Å². The van der Waals surface area contributed by atoms with Gasteiger partial charge < -0.3 is 10.2 Å². The van der Waals surface area contributed by atoms with E-state index in [2.05, 4.69) is 0 Å². The molecule has 0 heterocycles. The van der Waals surface area contributed by atoms with Crippen LogP contribution >= 0.6 is 0 Å². The number of aromatic hydroxyl groups is 2. The number of hydrogen-bond donors (Lipinski definition) is 2. The summed E-state index contributed by atoms with van der Waals surface area (Å²) >= 11 is 0. The molecule has 0 amide bonds. The smallest absolute Gasteiger partial charge is 0.132 e. The Bertz CT molecular complexity index is 621. The molecule has 0 saturated carbocycles. The Morgan fingerprint density at radius 1 is 0.792 bits per heavy atom. The Balaban J connectivity index is 1.79. The van der Waals surface area contributed by atoms with Crippen molar-refractivity contribution in [1.82, 2.24) is 0 Å². The van der Waals surface area contributed by atoms with E-state index in [1.807, 2.05) is 38.1 Å². The number of para-hydroxylation sites is 2. The third kappa shape index (κ3) is 4.85. The van der Waals surface area contributed by atoms with Crippen molar-refractivity contribution in [2.45, 2.75) is 51.4 Å². The number of Topliss-reactive ketones (excluding diaryl/α,β-unsaturated/α-hetero) is 1. The summed E-state index contributed by atoms with van der Waals surface area (Å²) in [6.07, 6.45) is 2.51. The van der Waals surface area contributed by atoms with E-state index in [0.717, 1.165) is 24.0 Å². The molecule has 0 aromatic heterocycles. The van der Waals surface area contributed by atoms with Crippen molar-refractivity contribution in [3.63, 3.8) is 0 Å². The fourth-order valence-electron chi connectivity index (χ4n) is 3.00. The Morgan fingerprint density at radius 2 is 1.17 bits per heavy atom. The number of carbonyl (C=O) groups is 1. The van der Waals surface area contributed by atoms with Crippen molar-refractivity contribution >= 4 is 5.78 Å². The second-order valence-electron chi connectivity index (χ2n) is 6.54. The normalized spacial score (nSPS) is 13.4. The molecule has 0 spiro atoms. The summed E-state index contributed by atoms with van der Waals surface area (Å²) in [5, 5.41) is 19.7. The zero-order valence-corrected chi connectivity index (χ0v) is 14.4. The maximum atomic E-state index is 12.2. The summed E-state index contributed by atoms with van der Waals surface area (Å²) in [5.41, 5.74) is 1.79. The van der Waals surface area contributed by atoms with Gasteiger partial charge in [0.05, 0.1) is 0 Å². The maximum Gasteiger partial charge on any atom is 0.132 e. The molecular formula is C21H26O3. The fraction of sp³-hybridized carbons (Fsp3) is 0.381. The van der Waals surface area contributed by atoms with Gasteiger partial charge in [0.2, 0.25) is 0 Å². The molecular weight excluding hydrogens is 300 g/mol. The molecule has 0 radical (unpaired) electrons. The second-order valence-corrected chi connectivity index (χ2v) is 6.54. The van der Waals surface area contributed by atoms with E-state index < -0.39 is 0 Å². The van der Waals surface area contributed by atoms with E-state index in [4.69, 9.17) is 0 Å². The number of hydrogen-bond acceptors (Lipinski definition) is 3. The molecule has 2 N–H and O–H groups in total. The summed E-state index contributed by atoms with van der Waals surface area (Å²) in [7, 11) is 0. The Hall–Kier alpha value is -2.29. The number of rotatable bonds is 8. The van der Waals surface area contributed by atoms with Crippen LogP contribution < -0.4 is 0 Å². The lowest BCUT2D eigenvalue weighted by Gasteiger charge is -2.14. The van der Waals surface area contributed by atoms with E-state index in [0.29, 0.717) is 24.3 Å². The monoisotopic (exact) mass is 326 g/mol. The summed E-state index contributed by atoms with van der Waals surface area (Å²) < 4.78 is 0. The van der Waals surface area contributed by atoms with E-state index in [-0.39, 0.29) is 17.6 Å². The largest absolute Gasteiger partial charge is 0.508 e. The first-order valence-electron chi connectivity index (χ1n) is 8.56. The number of phenols is 2. The number of carbonyl (C=O) groups excluding carboxylic acids is 1. The molecule has 2 aromatic rings. The minimum Gasteiger partial charge on any atom is -0.508 e. The van der Waals surface area contributed by atoms with Crippen LogP contribution in [0.15, 0.2) is 48.5 Å². The summed E-state index contributed by atoms with van der Waals surface area (Å²) in [4.78, 5) is 12.2. The van der Waals surface area contributed by atoms with E-state index in [1.54, 1.807) is 24.3 Å². The molecule has 2 rings (SSSR count). The lowest BCUT2D eigenvalue weighted by atomic mass is 9.91. The van der Waals surface area contributed by atoms with Gasteiger partial charge in [-0.25, -0.2) is 0 Å². The zero-order chi connectivity index (χ0) is 17.5. The second kappa shape index (κ2) is 8.53. The minimum absolute atomic E-state index is 0.158. The average molecular weight is 326 g/mol. The van der Waals surface area contributed by atoms with Crippen LogP contribution in [0.5, 0.6) is 11.5 Å². The van der Waals surface area contributed by atoms with E-state index in [9.17, 15) is 15.0 Å². The highest BCUT2D eigenvalue weighted by molar-refractivity contribution is 5.78. The van der Waals surface area contributed by atoms with Crippen LogP contribution in [0.1, 0.15) is 62.5 Å². The molecule has 0 aliphatic rings. The summed E-state index contributed by atoms with van der Waals surface area (Å²) in [6, 6.07) is 14.6. The van der Waals surface area contributed by atoms with Crippen molar-refractivity contribution in [3.05, 3.63) is 59.7 Å². The van der Waals surface area contributed by atoms with Crippen molar-refractivity contribution in [2.24, 2.45) is 0 Å². The molecule has 0 bridgehead atoms. The Kier molecular flexibility index (Phi) is 6.42. The lowest BCUT2D eigenvalue weighted by Crippen LogP contribution is -2.04. The number of benzene rings is 2. The van der Waals surface area contributed by atoms with Crippen LogP contribution in [0.4, 0.5) is 0 Å². The van der Waals surface area contributed by atoms with Crippen LogP contribution in [-0.4, -0.2) is 16.0 Å². The summed E-state index contributed by atoms with van der Waals surface area (Å²) in [5.74, 6) is 1.15. The topological polar surface area (TPSA) is 57.5 Å². The Morgan fingerprint density at radius 3 is 1.54 bits per heavy atom. The number of ketones is 1. The first-order valence-corrected chi connectivity index (χ1v) is 8.56. The van der Waals surface area contributed by atoms with Crippen LogP contribution in [0.2, 0.25) is 0 Å². The highest BCUT2D eigenvalue weighted by atomic mass is 16.3. The SMILES string of the molecule is CC(CCC(=O)CCC(C)c1ccccc1O)c1ccccc1O. The Labute approximate surface area is 144 Å². The van der Waals surface area contributed by atoms with Gasteiger partial charge >= 0.3 is 0 Å². The maximum absolute atomic E-state index is 12.2. The molecule has 0 aliphatic carbocycles. The van der Waals surface area contributed by atoms with Gasteiger partial charge in [-0.05, 0) is 47.9 Å². The third-order valence-corrected chi connectivity index (χ3v) is 4.65. The van der Waals surface area contributed by atoms with E-state index >= 15 is 0 Å². The van der Waals surface area contributed by atoms with Gasteiger partial charge in [0.15, 0.2) is 0 Å². The fourth-order valence-corrected chi connectivity index (χ4v) is 3.00. The molecule has 0 aliphatic heterocycles. The third-order valence-electron chi connectivity index (χ3n) is 4.65. The molecule has 24 heavy (non-hydrogen) atoms. The lowest BCUT2D eigenvalue weighted by molar-refractivity contribution is -0.119. The first-order chi connectivity index (χ1) is 11.5. The van der Waals surface area contributed by atoms with Crippen molar-refractivity contribution < 1.29 is 15.0 Å². The van der Waals surface area contributed by atoms with Gasteiger partial charge in [-0.15, -0.1) is 0 Å². The van der Waals surface area contributed by atoms with Crippen LogP contribution in [0, 0.1) is 0 Å². The average Bonchev–Trinajstić information content (AvgIpc) is 2.58. The van der Waals surface area contributed by atoms with Crippen molar-refractivity contribution in [1.29, 1.82) is 0 Å². The predicted octanol–water partition coefficient (Wildman–Crippen LogP) is 5.13. The van der Waals surface area contributed by atoms with Crippen LogP contribution in [0.3, 0.4) is 0 Å². The van der Waals surface area contributed by atoms with Crippen molar-refractivity contribution in [3.8, 4) is 11.5 Å². The van der Waals surface area contributed by atoms with Crippen LogP contribution in [-0.2, 0) is 4.79 Å². The number of phenolic OH excluding ortho intramolecular Hbond substituents is 2. The molecule has 128 valence electrons. The van der Waals surface area contributed by atoms with Crippen LogP contribution in [0.25, 0.3) is 0 Å². The standard InChI is InChI=1S/C21H26O3/c1-15(18-7-3-5-9-20(18)23)11-13-17(22)14-12-16(2)19-8-4-6-10-21(19)24/h3-10,15-16,23-24H,11-14H2,1-2H3. The zero-order valence-electron chi connectivity index (χ0n) is 14.4. The molecule has 3 heteroatoms. The van der Waals surface area contributed by atoms with E-state index in [1.165, 1.54) is 0 Å². The van der Waals surface area contributed by atoms with Gasteiger partial charge in [-0.1, -0.05) is 50.2 Å². The predicted molar refractivity (Wildman–Crippen MR) is 96.5 cm³/mol. The highest BCUT2D eigenvalue weighted by Crippen LogP contribution is 2.30. The van der Waals surface area contributed by atoms with Gasteiger partial charge in [-0.2, -0.15) is 0 Å². The molecule has 2 aromatic carbocycles. The molecule has 0 saturated heterocycles. The summed E-state index contributed by atoms with van der Waals surface area (Å²) in [6.45, 7) is 4.07. The minimum atomic E-state index is 0.158. The molecule has 2 unspecified atom stereocenters. The quantitative estimate of drug-likeness (QED) is 0.706. The van der Waals surface area contributed by atoms with Gasteiger partial charge in [-0.3, -0.25) is 4.79 Å². The molecule has 3 nitrogen and oxygen atoms in total. The first kappa shape index (κ1) is 18.1. The molecule has 0 fully saturated rings.